The molecule has 4 nitrogen and oxygen atoms in total. The van der Waals surface area contributed by atoms with Crippen molar-refractivity contribution in [3.8, 4) is 0 Å². The van der Waals surface area contributed by atoms with E-state index in [0.717, 1.165) is 0 Å². The quantitative estimate of drug-likeness (QED) is 0.768. The Kier molecular flexibility index (Phi) is 3.06. The number of hydrogen-bond acceptors (Lipinski definition) is 3. The first-order chi connectivity index (χ1) is 6.09. The van der Waals surface area contributed by atoms with E-state index < -0.39 is 0 Å². The van der Waals surface area contributed by atoms with Crippen LogP contribution in [0.3, 0.4) is 0 Å². The molecule has 0 saturated heterocycles. The summed E-state index contributed by atoms with van der Waals surface area (Å²) in [5, 5.41) is 6.36. The Balaban J connectivity index is 2.49. The molecule has 1 aromatic rings. The lowest BCUT2D eigenvalue weighted by Gasteiger charge is -2.04. The van der Waals surface area contributed by atoms with Crippen LogP contribution in [0.4, 0.5) is 0 Å². The average molecular weight is 182 g/mol. The molecule has 0 spiro atoms. The average Bonchev–Trinajstić information content (AvgIpc) is 2.47. The van der Waals surface area contributed by atoms with Gasteiger partial charge >= 0.3 is 0 Å². The number of carbonyl (C=O) groups is 1. The normalized spacial score (nSPS) is 10.5. The summed E-state index contributed by atoms with van der Waals surface area (Å²) in [7, 11) is 0. The van der Waals surface area contributed by atoms with Crippen LogP contribution in [0.1, 0.15) is 30.1 Å². The molecule has 0 fully saturated rings. The molecule has 1 aromatic heterocycles. The Morgan fingerprint density at radius 2 is 2.38 bits per heavy atom. The van der Waals surface area contributed by atoms with Gasteiger partial charge in [-0.25, -0.2) is 0 Å². The van der Waals surface area contributed by atoms with Crippen LogP contribution in [0, 0.1) is 12.8 Å². The third-order valence-corrected chi connectivity index (χ3v) is 1.53. The maximum Gasteiger partial charge on any atom is 0.273 e. The third kappa shape index (κ3) is 2.89. The van der Waals surface area contributed by atoms with Crippen LogP contribution in [-0.4, -0.2) is 17.6 Å². The van der Waals surface area contributed by atoms with Gasteiger partial charge in [0.25, 0.3) is 5.91 Å². The molecule has 0 aromatic carbocycles. The Labute approximate surface area is 77.3 Å². The zero-order valence-electron chi connectivity index (χ0n) is 8.13. The standard InChI is InChI=1S/C9H14N2O2/c1-6(2)5-10-9(12)8-4-7(3)13-11-8/h4,6H,5H2,1-3H3,(H,10,12). The number of aromatic nitrogens is 1. The van der Waals surface area contributed by atoms with Gasteiger partial charge in [-0.1, -0.05) is 19.0 Å². The van der Waals surface area contributed by atoms with Gasteiger partial charge in [0.2, 0.25) is 0 Å². The first kappa shape index (κ1) is 9.77. The predicted octanol–water partition coefficient (Wildman–Crippen LogP) is 1.37. The molecule has 72 valence electrons. The fourth-order valence-electron chi connectivity index (χ4n) is 0.861. The van der Waals surface area contributed by atoms with E-state index in [-0.39, 0.29) is 5.91 Å². The van der Waals surface area contributed by atoms with E-state index in [0.29, 0.717) is 23.9 Å². The molecule has 0 aliphatic rings. The van der Waals surface area contributed by atoms with E-state index in [1.165, 1.54) is 0 Å². The van der Waals surface area contributed by atoms with Crippen molar-refractivity contribution < 1.29 is 9.32 Å². The van der Waals surface area contributed by atoms with Crippen molar-refractivity contribution in [2.24, 2.45) is 5.92 Å². The van der Waals surface area contributed by atoms with Gasteiger partial charge in [-0.3, -0.25) is 4.79 Å². The minimum Gasteiger partial charge on any atom is -0.361 e. The largest absolute Gasteiger partial charge is 0.361 e. The van der Waals surface area contributed by atoms with E-state index in [2.05, 4.69) is 10.5 Å². The van der Waals surface area contributed by atoms with Gasteiger partial charge in [-0.05, 0) is 12.8 Å². The lowest BCUT2D eigenvalue weighted by molar-refractivity contribution is 0.0940. The van der Waals surface area contributed by atoms with Crippen LogP contribution in [-0.2, 0) is 0 Å². The molecule has 13 heavy (non-hydrogen) atoms. The summed E-state index contributed by atoms with van der Waals surface area (Å²) >= 11 is 0. The second kappa shape index (κ2) is 4.07. The van der Waals surface area contributed by atoms with Crippen LogP contribution < -0.4 is 5.32 Å². The topological polar surface area (TPSA) is 55.1 Å². The highest BCUT2D eigenvalue weighted by atomic mass is 16.5. The van der Waals surface area contributed by atoms with Crippen LogP contribution in [0.5, 0.6) is 0 Å². The maximum atomic E-state index is 11.3. The molecule has 4 heteroatoms. The Morgan fingerprint density at radius 1 is 1.69 bits per heavy atom. The number of carbonyl (C=O) groups excluding carboxylic acids is 1. The van der Waals surface area contributed by atoms with Crippen LogP contribution >= 0.6 is 0 Å². The molecule has 1 N–H and O–H groups in total. The van der Waals surface area contributed by atoms with Crippen molar-refractivity contribution >= 4 is 5.91 Å². The molecule has 0 atom stereocenters. The summed E-state index contributed by atoms with van der Waals surface area (Å²) in [5.41, 5.74) is 0.346. The fraction of sp³-hybridized carbons (Fsp3) is 0.556. The minimum absolute atomic E-state index is 0.175. The Hall–Kier alpha value is -1.32. The second-order valence-corrected chi connectivity index (χ2v) is 3.43. The molecule has 0 aliphatic heterocycles. The lowest BCUT2D eigenvalue weighted by Crippen LogP contribution is -2.27. The van der Waals surface area contributed by atoms with Crippen molar-refractivity contribution in [3.63, 3.8) is 0 Å². The molecule has 1 amide bonds. The highest BCUT2D eigenvalue weighted by Crippen LogP contribution is 2.01. The van der Waals surface area contributed by atoms with Gasteiger partial charge in [0.1, 0.15) is 5.76 Å². The summed E-state index contributed by atoms with van der Waals surface area (Å²) in [6.07, 6.45) is 0. The molecule has 0 bridgehead atoms. The van der Waals surface area contributed by atoms with Gasteiger partial charge in [-0.2, -0.15) is 0 Å². The molecule has 0 aliphatic carbocycles. The number of nitrogens with one attached hydrogen (secondary N) is 1. The van der Waals surface area contributed by atoms with Crippen molar-refractivity contribution in [1.29, 1.82) is 0 Å². The van der Waals surface area contributed by atoms with E-state index in [9.17, 15) is 4.79 Å². The summed E-state index contributed by atoms with van der Waals surface area (Å²) in [5.74, 6) is 0.914. The lowest BCUT2D eigenvalue weighted by atomic mass is 10.2. The van der Waals surface area contributed by atoms with E-state index in [1.54, 1.807) is 13.0 Å². The number of rotatable bonds is 3. The monoisotopic (exact) mass is 182 g/mol. The summed E-state index contributed by atoms with van der Waals surface area (Å²) in [6.45, 7) is 6.49. The van der Waals surface area contributed by atoms with Crippen molar-refractivity contribution in [3.05, 3.63) is 17.5 Å². The maximum absolute atomic E-state index is 11.3. The van der Waals surface area contributed by atoms with Crippen LogP contribution in [0.25, 0.3) is 0 Å². The van der Waals surface area contributed by atoms with Crippen molar-refractivity contribution in [2.45, 2.75) is 20.8 Å². The molecular formula is C9H14N2O2. The summed E-state index contributed by atoms with van der Waals surface area (Å²) in [4.78, 5) is 11.3. The van der Waals surface area contributed by atoms with E-state index in [4.69, 9.17) is 4.52 Å². The highest BCUT2D eigenvalue weighted by Gasteiger charge is 2.09. The first-order valence-corrected chi connectivity index (χ1v) is 4.31. The summed E-state index contributed by atoms with van der Waals surface area (Å²) in [6, 6.07) is 1.62. The highest BCUT2D eigenvalue weighted by molar-refractivity contribution is 5.92. The minimum atomic E-state index is -0.175. The first-order valence-electron chi connectivity index (χ1n) is 4.31. The second-order valence-electron chi connectivity index (χ2n) is 3.43. The molecule has 0 saturated carbocycles. The predicted molar refractivity (Wildman–Crippen MR) is 48.4 cm³/mol. The van der Waals surface area contributed by atoms with Gasteiger partial charge in [0, 0.05) is 12.6 Å². The van der Waals surface area contributed by atoms with E-state index in [1.807, 2.05) is 13.8 Å². The number of nitrogens with zero attached hydrogens (tertiary/aromatic N) is 1. The Bertz CT molecular complexity index is 292. The SMILES string of the molecule is Cc1cc(C(=O)NCC(C)C)no1. The Morgan fingerprint density at radius 3 is 2.85 bits per heavy atom. The van der Waals surface area contributed by atoms with Gasteiger partial charge < -0.3 is 9.84 Å². The number of amides is 1. The van der Waals surface area contributed by atoms with Gasteiger partial charge in [-0.15, -0.1) is 0 Å². The summed E-state index contributed by atoms with van der Waals surface area (Å²) < 4.78 is 4.78. The van der Waals surface area contributed by atoms with Gasteiger partial charge in [0.15, 0.2) is 5.69 Å². The third-order valence-electron chi connectivity index (χ3n) is 1.53. The molecular weight excluding hydrogens is 168 g/mol. The number of aryl methyl sites for hydroxylation is 1. The van der Waals surface area contributed by atoms with E-state index >= 15 is 0 Å². The van der Waals surface area contributed by atoms with Crippen LogP contribution in [0.15, 0.2) is 10.6 Å². The molecule has 0 unspecified atom stereocenters. The van der Waals surface area contributed by atoms with Gasteiger partial charge in [0.05, 0.1) is 0 Å². The molecule has 0 radical (unpaired) electrons. The van der Waals surface area contributed by atoms with Crippen molar-refractivity contribution in [2.75, 3.05) is 6.54 Å². The zero-order chi connectivity index (χ0) is 9.84. The van der Waals surface area contributed by atoms with Crippen LogP contribution in [0.2, 0.25) is 0 Å². The zero-order valence-corrected chi connectivity index (χ0v) is 8.13. The molecule has 1 heterocycles. The van der Waals surface area contributed by atoms with Crippen molar-refractivity contribution in [1.82, 2.24) is 10.5 Å². The number of hydrogen-bond donors (Lipinski definition) is 1. The molecule has 1 rings (SSSR count). The smallest absolute Gasteiger partial charge is 0.273 e. The fourth-order valence-corrected chi connectivity index (χ4v) is 0.861.